The molecule has 45 heavy (non-hydrogen) atoms. The number of rotatable bonds is 9. The fourth-order valence-electron chi connectivity index (χ4n) is 5.05. The molecule has 2 fully saturated rings. The standard InChI is InChI=1S/C14H21N5O4.C13H19N5O4/c1-7(2)22-4-8-10(20)11(21)14(23-8)19-6-18-9-12(15-3)16-5-17-13(9)19;1-6(2)21-3-7-9(19)10(20)13(22-7)18-5-17-8-11(14)15-4-16-12(8)18/h5-8,10-11,14,20-21H,4H2,1-3H3,(H,15,16,17);4-7,9-10,13,19-20H,3H2,1-2H3,(H2,14,15,16)/t8-,10-,11-,14-;7-,9-,10-,13-/m11/s1. The number of imidazole rings is 2. The first-order valence-electron chi connectivity index (χ1n) is 14.6. The Morgan fingerprint density at radius 2 is 1.20 bits per heavy atom. The Balaban J connectivity index is 0.000000178. The van der Waals surface area contributed by atoms with E-state index in [1.165, 1.54) is 29.9 Å². The molecule has 246 valence electrons. The average molecular weight is 633 g/mol. The third kappa shape index (κ3) is 6.68. The third-order valence-corrected chi connectivity index (χ3v) is 7.39. The Kier molecular flexibility index (Phi) is 10.0. The molecule has 2 aliphatic rings. The van der Waals surface area contributed by atoms with Crippen LogP contribution in [0.3, 0.4) is 0 Å². The Morgan fingerprint density at radius 1 is 0.733 bits per heavy atom. The maximum Gasteiger partial charge on any atom is 0.167 e. The smallest absolute Gasteiger partial charge is 0.167 e. The second-order valence-electron chi connectivity index (χ2n) is 11.2. The van der Waals surface area contributed by atoms with Gasteiger partial charge < -0.3 is 50.4 Å². The number of ether oxygens (including phenoxy) is 4. The van der Waals surface area contributed by atoms with E-state index in [2.05, 4.69) is 35.2 Å². The Hall–Kier alpha value is -3.62. The summed E-state index contributed by atoms with van der Waals surface area (Å²) in [7, 11) is 1.74. The van der Waals surface area contributed by atoms with Gasteiger partial charge in [0.05, 0.1) is 38.1 Å². The highest BCUT2D eigenvalue weighted by molar-refractivity contribution is 5.82. The molecule has 7 N–H and O–H groups in total. The molecule has 0 unspecified atom stereocenters. The zero-order valence-corrected chi connectivity index (χ0v) is 25.6. The molecule has 0 amide bonds. The lowest BCUT2D eigenvalue weighted by molar-refractivity contribution is -0.0755. The lowest BCUT2D eigenvalue weighted by atomic mass is 10.1. The molecule has 2 aliphatic heterocycles. The number of nitrogens with one attached hydrogen (secondary N) is 1. The second kappa shape index (κ2) is 13.8. The molecule has 0 aromatic carbocycles. The summed E-state index contributed by atoms with van der Waals surface area (Å²) >= 11 is 0. The largest absolute Gasteiger partial charge is 0.387 e. The zero-order chi connectivity index (χ0) is 32.4. The molecule has 0 radical (unpaired) electrons. The summed E-state index contributed by atoms with van der Waals surface area (Å²) in [5.74, 6) is 0.831. The van der Waals surface area contributed by atoms with Crippen molar-refractivity contribution in [2.75, 3.05) is 31.3 Å². The Morgan fingerprint density at radius 3 is 1.69 bits per heavy atom. The predicted molar refractivity (Wildman–Crippen MR) is 159 cm³/mol. The van der Waals surface area contributed by atoms with Gasteiger partial charge in [-0.05, 0) is 27.7 Å². The van der Waals surface area contributed by atoms with Crippen molar-refractivity contribution in [3.8, 4) is 0 Å². The fourth-order valence-corrected chi connectivity index (χ4v) is 5.05. The number of nitrogens with zero attached hydrogens (tertiary/aromatic N) is 8. The van der Waals surface area contributed by atoms with Crippen LogP contribution in [-0.2, 0) is 18.9 Å². The Bertz CT molecular complexity index is 1570. The van der Waals surface area contributed by atoms with Gasteiger partial charge in [-0.25, -0.2) is 29.9 Å². The van der Waals surface area contributed by atoms with Gasteiger partial charge in [-0.1, -0.05) is 0 Å². The number of nitrogen functional groups attached to an aromatic ring is 1. The van der Waals surface area contributed by atoms with E-state index in [0.717, 1.165) is 0 Å². The first-order chi connectivity index (χ1) is 21.5. The lowest BCUT2D eigenvalue weighted by Gasteiger charge is -2.17. The molecule has 0 bridgehead atoms. The van der Waals surface area contributed by atoms with E-state index in [1.807, 2.05) is 27.7 Å². The van der Waals surface area contributed by atoms with Crippen molar-refractivity contribution in [3.05, 3.63) is 25.3 Å². The molecule has 18 nitrogen and oxygen atoms in total. The minimum absolute atomic E-state index is 0.00797. The highest BCUT2D eigenvalue weighted by atomic mass is 16.6. The molecule has 4 aromatic heterocycles. The van der Waals surface area contributed by atoms with Crippen LogP contribution in [0, 0.1) is 0 Å². The molecular formula is C27H40N10O8. The first kappa shape index (κ1) is 32.8. The molecule has 0 saturated carbocycles. The van der Waals surface area contributed by atoms with Gasteiger partial charge in [-0.15, -0.1) is 0 Å². The first-order valence-corrected chi connectivity index (χ1v) is 14.6. The summed E-state index contributed by atoms with van der Waals surface area (Å²) in [6.07, 6.45) is -1.41. The van der Waals surface area contributed by atoms with Crippen molar-refractivity contribution >= 4 is 34.0 Å². The van der Waals surface area contributed by atoms with Crippen LogP contribution >= 0.6 is 0 Å². The molecule has 0 spiro atoms. The van der Waals surface area contributed by atoms with Crippen LogP contribution < -0.4 is 11.1 Å². The van der Waals surface area contributed by atoms with E-state index in [1.54, 1.807) is 11.6 Å². The lowest BCUT2D eigenvalue weighted by Crippen LogP contribution is -2.34. The molecule has 6 heterocycles. The highest BCUT2D eigenvalue weighted by Crippen LogP contribution is 2.33. The van der Waals surface area contributed by atoms with Gasteiger partial charge in [0, 0.05) is 7.05 Å². The highest BCUT2D eigenvalue weighted by Gasteiger charge is 2.45. The van der Waals surface area contributed by atoms with Gasteiger partial charge in [0.15, 0.2) is 35.4 Å². The van der Waals surface area contributed by atoms with Crippen LogP contribution in [0.4, 0.5) is 11.6 Å². The fraction of sp³-hybridized carbons (Fsp3) is 0.630. The third-order valence-electron chi connectivity index (χ3n) is 7.39. The number of nitrogens with two attached hydrogens (primary N) is 1. The van der Waals surface area contributed by atoms with Crippen molar-refractivity contribution in [1.29, 1.82) is 0 Å². The number of aliphatic hydroxyl groups excluding tert-OH is 4. The van der Waals surface area contributed by atoms with E-state index < -0.39 is 49.1 Å². The molecule has 6 rings (SSSR count). The van der Waals surface area contributed by atoms with Gasteiger partial charge in [-0.3, -0.25) is 9.13 Å². The predicted octanol–water partition coefficient (Wildman–Crippen LogP) is -0.635. The molecule has 8 atom stereocenters. The summed E-state index contributed by atoms with van der Waals surface area (Å²) in [5.41, 5.74) is 7.69. The molecular weight excluding hydrogens is 592 g/mol. The van der Waals surface area contributed by atoms with Crippen LogP contribution in [0.15, 0.2) is 25.3 Å². The zero-order valence-electron chi connectivity index (χ0n) is 25.6. The minimum atomic E-state index is -1.12. The number of hydrogen-bond acceptors (Lipinski definition) is 16. The minimum Gasteiger partial charge on any atom is -0.387 e. The van der Waals surface area contributed by atoms with Crippen molar-refractivity contribution < 1.29 is 39.4 Å². The van der Waals surface area contributed by atoms with Crippen LogP contribution in [-0.4, -0.2) is 129 Å². The van der Waals surface area contributed by atoms with E-state index in [4.69, 9.17) is 24.7 Å². The maximum atomic E-state index is 10.3. The van der Waals surface area contributed by atoms with E-state index >= 15 is 0 Å². The Labute approximate surface area is 258 Å². The number of aliphatic hydroxyl groups is 4. The van der Waals surface area contributed by atoms with Crippen LogP contribution in [0.5, 0.6) is 0 Å². The van der Waals surface area contributed by atoms with Gasteiger partial charge in [-0.2, -0.15) is 0 Å². The van der Waals surface area contributed by atoms with Crippen molar-refractivity contribution in [1.82, 2.24) is 39.0 Å². The topological polar surface area (TPSA) is 243 Å². The van der Waals surface area contributed by atoms with Crippen LogP contribution in [0.25, 0.3) is 22.3 Å². The summed E-state index contributed by atoms with van der Waals surface area (Å²) in [5, 5.41) is 43.8. The van der Waals surface area contributed by atoms with Crippen molar-refractivity contribution in [2.24, 2.45) is 0 Å². The van der Waals surface area contributed by atoms with Crippen LogP contribution in [0.2, 0.25) is 0 Å². The summed E-state index contributed by atoms with van der Waals surface area (Å²) in [6.45, 7) is 7.96. The van der Waals surface area contributed by atoms with Gasteiger partial charge >= 0.3 is 0 Å². The summed E-state index contributed by atoms with van der Waals surface area (Å²) in [4.78, 5) is 24.7. The quantitative estimate of drug-likeness (QED) is 0.134. The van der Waals surface area contributed by atoms with E-state index in [-0.39, 0.29) is 31.2 Å². The molecule has 4 aromatic rings. The number of anilines is 2. The monoisotopic (exact) mass is 632 g/mol. The SMILES string of the molecule is CC(C)OC[C@H]1O[C@@H](n2cnc3c(N)ncnc32)[C@H](O)[C@@H]1O.CNc1ncnc2c1ncn2[C@@H]1O[C@H](COC(C)C)[C@@H](O)[C@H]1O. The van der Waals surface area contributed by atoms with Gasteiger partial charge in [0.1, 0.15) is 60.3 Å². The van der Waals surface area contributed by atoms with E-state index in [0.29, 0.717) is 28.1 Å². The van der Waals surface area contributed by atoms with Crippen LogP contribution in [0.1, 0.15) is 40.2 Å². The van der Waals surface area contributed by atoms with Gasteiger partial charge in [0.2, 0.25) is 0 Å². The number of fused-ring (bicyclic) bond motifs is 2. The maximum absolute atomic E-state index is 10.3. The molecule has 18 heteroatoms. The second-order valence-corrected chi connectivity index (χ2v) is 11.2. The van der Waals surface area contributed by atoms with Gasteiger partial charge in [0.25, 0.3) is 0 Å². The van der Waals surface area contributed by atoms with Crippen molar-refractivity contribution in [2.45, 2.75) is 89.0 Å². The summed E-state index contributed by atoms with van der Waals surface area (Å²) in [6, 6.07) is 0. The van der Waals surface area contributed by atoms with E-state index in [9.17, 15) is 20.4 Å². The number of aromatic nitrogens is 8. The molecule has 0 aliphatic carbocycles. The number of hydrogen-bond donors (Lipinski definition) is 6. The van der Waals surface area contributed by atoms with Crippen molar-refractivity contribution in [3.63, 3.8) is 0 Å². The normalized spacial score (nSPS) is 28.3. The molecule has 2 saturated heterocycles. The summed E-state index contributed by atoms with van der Waals surface area (Å²) < 4.78 is 25.6. The average Bonchev–Trinajstić information content (AvgIpc) is 3.77.